The molecule has 4 nitrogen and oxygen atoms in total. The van der Waals surface area contributed by atoms with Crippen LogP contribution < -0.4 is 10.9 Å². The number of nitrogens with zero attached hydrogens (tertiary/aromatic N) is 2. The Hall–Kier alpha value is -1.13. The van der Waals surface area contributed by atoms with Crippen LogP contribution in [0.3, 0.4) is 0 Å². The molecule has 1 aromatic rings. The van der Waals surface area contributed by atoms with E-state index in [1.807, 2.05) is 12.3 Å². The molecule has 0 saturated carbocycles. The molecule has 1 fully saturated rings. The molecule has 1 N–H and O–H groups in total. The second-order valence-corrected chi connectivity index (χ2v) is 6.76. The van der Waals surface area contributed by atoms with Gasteiger partial charge in [-0.05, 0) is 31.0 Å². The quantitative estimate of drug-likeness (QED) is 0.911. The monoisotopic (exact) mass is 277 g/mol. The first-order chi connectivity index (χ1) is 9.47. The van der Waals surface area contributed by atoms with Gasteiger partial charge in [0.15, 0.2) is 0 Å². The van der Waals surface area contributed by atoms with Gasteiger partial charge < -0.3 is 9.88 Å². The van der Waals surface area contributed by atoms with Gasteiger partial charge in [0.2, 0.25) is 0 Å². The first kappa shape index (κ1) is 15.3. The van der Waals surface area contributed by atoms with Gasteiger partial charge in [0.25, 0.3) is 5.56 Å². The summed E-state index contributed by atoms with van der Waals surface area (Å²) >= 11 is 0. The molecule has 20 heavy (non-hydrogen) atoms. The number of hydrogen-bond acceptors (Lipinski definition) is 3. The van der Waals surface area contributed by atoms with Gasteiger partial charge >= 0.3 is 0 Å². The predicted octanol–water partition coefficient (Wildman–Crippen LogP) is 1.56. The summed E-state index contributed by atoms with van der Waals surface area (Å²) < 4.78 is 1.80. The highest BCUT2D eigenvalue weighted by molar-refractivity contribution is 4.93. The Morgan fingerprint density at radius 1 is 1.30 bits per heavy atom. The molecule has 112 valence electrons. The molecule has 2 rings (SSSR count). The summed E-state index contributed by atoms with van der Waals surface area (Å²) in [5.74, 6) is 0. The van der Waals surface area contributed by atoms with E-state index in [4.69, 9.17) is 0 Å². The Morgan fingerprint density at radius 2 is 2.10 bits per heavy atom. The van der Waals surface area contributed by atoms with Crippen molar-refractivity contribution in [2.45, 2.75) is 39.8 Å². The lowest BCUT2D eigenvalue weighted by Gasteiger charge is -2.33. The molecule has 1 aliphatic heterocycles. The standard InChI is InChI=1S/C16H27N3O/c1-16(2,3)14-13-18(9-6-8-17-14)11-12-19-10-5-4-7-15(19)20/h4-5,7,10,14,17H,6,8-9,11-13H2,1-3H3. The third-order valence-corrected chi connectivity index (χ3v) is 4.08. The summed E-state index contributed by atoms with van der Waals surface area (Å²) in [6.07, 6.45) is 3.05. The second kappa shape index (κ2) is 6.55. The molecule has 0 spiro atoms. The van der Waals surface area contributed by atoms with Crippen LogP contribution >= 0.6 is 0 Å². The molecule has 0 radical (unpaired) electrons. The molecular weight excluding hydrogens is 250 g/mol. The maximum atomic E-state index is 11.7. The molecular formula is C16H27N3O. The maximum absolute atomic E-state index is 11.7. The smallest absolute Gasteiger partial charge is 0.250 e. The summed E-state index contributed by atoms with van der Waals surface area (Å²) in [4.78, 5) is 14.2. The van der Waals surface area contributed by atoms with Crippen molar-refractivity contribution in [3.05, 3.63) is 34.7 Å². The average molecular weight is 277 g/mol. The molecule has 1 aromatic heterocycles. The van der Waals surface area contributed by atoms with Gasteiger partial charge in [-0.25, -0.2) is 0 Å². The highest BCUT2D eigenvalue weighted by Crippen LogP contribution is 2.21. The van der Waals surface area contributed by atoms with Crippen molar-refractivity contribution in [2.75, 3.05) is 26.2 Å². The van der Waals surface area contributed by atoms with Crippen molar-refractivity contribution in [1.29, 1.82) is 0 Å². The van der Waals surface area contributed by atoms with Crippen LogP contribution in [0.1, 0.15) is 27.2 Å². The minimum atomic E-state index is 0.0906. The molecule has 0 aromatic carbocycles. The minimum Gasteiger partial charge on any atom is -0.314 e. The normalized spacial score (nSPS) is 21.6. The summed E-state index contributed by atoms with van der Waals surface area (Å²) in [7, 11) is 0. The van der Waals surface area contributed by atoms with Crippen molar-refractivity contribution in [3.8, 4) is 0 Å². The van der Waals surface area contributed by atoms with Crippen LogP contribution in [-0.2, 0) is 6.54 Å². The number of rotatable bonds is 3. The Bertz CT molecular complexity index is 475. The van der Waals surface area contributed by atoms with Crippen molar-refractivity contribution >= 4 is 0 Å². The molecule has 4 heteroatoms. The zero-order valence-electron chi connectivity index (χ0n) is 12.9. The van der Waals surface area contributed by atoms with Gasteiger partial charge in [-0.2, -0.15) is 0 Å². The van der Waals surface area contributed by atoms with E-state index in [2.05, 4.69) is 31.0 Å². The minimum absolute atomic E-state index is 0.0906. The fourth-order valence-corrected chi connectivity index (χ4v) is 2.67. The van der Waals surface area contributed by atoms with Gasteiger partial charge in [0.1, 0.15) is 0 Å². The molecule has 0 bridgehead atoms. The van der Waals surface area contributed by atoms with E-state index in [9.17, 15) is 4.79 Å². The van der Waals surface area contributed by atoms with Crippen LogP contribution in [0.15, 0.2) is 29.2 Å². The van der Waals surface area contributed by atoms with Crippen LogP contribution in [0.5, 0.6) is 0 Å². The molecule has 1 atom stereocenters. The largest absolute Gasteiger partial charge is 0.314 e. The average Bonchev–Trinajstić information content (AvgIpc) is 2.63. The fraction of sp³-hybridized carbons (Fsp3) is 0.688. The summed E-state index contributed by atoms with van der Waals surface area (Å²) in [5, 5.41) is 3.65. The van der Waals surface area contributed by atoms with Crippen LogP contribution in [0.2, 0.25) is 0 Å². The number of pyridine rings is 1. The van der Waals surface area contributed by atoms with Crippen LogP contribution in [-0.4, -0.2) is 41.7 Å². The molecule has 1 unspecified atom stereocenters. The van der Waals surface area contributed by atoms with Crippen LogP contribution in [0.25, 0.3) is 0 Å². The third kappa shape index (κ3) is 4.18. The van der Waals surface area contributed by atoms with E-state index in [0.717, 1.165) is 32.7 Å². The van der Waals surface area contributed by atoms with Crippen LogP contribution in [0.4, 0.5) is 0 Å². The first-order valence-electron chi connectivity index (χ1n) is 7.58. The van der Waals surface area contributed by atoms with E-state index in [1.54, 1.807) is 16.7 Å². The van der Waals surface area contributed by atoms with E-state index >= 15 is 0 Å². The lowest BCUT2D eigenvalue weighted by atomic mass is 9.86. The van der Waals surface area contributed by atoms with Crippen molar-refractivity contribution in [1.82, 2.24) is 14.8 Å². The first-order valence-corrected chi connectivity index (χ1v) is 7.58. The molecule has 0 amide bonds. The Labute approximate surface area is 121 Å². The molecule has 1 saturated heterocycles. The van der Waals surface area contributed by atoms with Gasteiger partial charge in [0, 0.05) is 37.9 Å². The van der Waals surface area contributed by atoms with Crippen molar-refractivity contribution in [3.63, 3.8) is 0 Å². The fourth-order valence-electron chi connectivity index (χ4n) is 2.67. The number of nitrogens with one attached hydrogen (secondary N) is 1. The predicted molar refractivity (Wildman–Crippen MR) is 83.0 cm³/mol. The Balaban J connectivity index is 1.95. The van der Waals surface area contributed by atoms with E-state index in [-0.39, 0.29) is 11.0 Å². The highest BCUT2D eigenvalue weighted by atomic mass is 16.1. The highest BCUT2D eigenvalue weighted by Gasteiger charge is 2.27. The molecule has 1 aliphatic rings. The maximum Gasteiger partial charge on any atom is 0.250 e. The SMILES string of the molecule is CC(C)(C)C1CN(CCn2ccccc2=O)CCCN1. The van der Waals surface area contributed by atoms with Gasteiger partial charge in [-0.1, -0.05) is 26.8 Å². The summed E-state index contributed by atoms with van der Waals surface area (Å²) in [6.45, 7) is 11.8. The number of hydrogen-bond donors (Lipinski definition) is 1. The van der Waals surface area contributed by atoms with Crippen molar-refractivity contribution in [2.24, 2.45) is 5.41 Å². The van der Waals surface area contributed by atoms with Gasteiger partial charge in [0.05, 0.1) is 0 Å². The zero-order chi connectivity index (χ0) is 14.6. The van der Waals surface area contributed by atoms with Gasteiger partial charge in [-0.3, -0.25) is 9.69 Å². The molecule has 2 heterocycles. The lowest BCUT2D eigenvalue weighted by Crippen LogP contribution is -2.46. The Morgan fingerprint density at radius 3 is 2.80 bits per heavy atom. The van der Waals surface area contributed by atoms with Gasteiger partial charge in [-0.15, -0.1) is 0 Å². The third-order valence-electron chi connectivity index (χ3n) is 4.08. The number of aromatic nitrogens is 1. The second-order valence-electron chi connectivity index (χ2n) is 6.76. The van der Waals surface area contributed by atoms with E-state index < -0.39 is 0 Å². The topological polar surface area (TPSA) is 37.3 Å². The van der Waals surface area contributed by atoms with Crippen LogP contribution in [0, 0.1) is 5.41 Å². The lowest BCUT2D eigenvalue weighted by molar-refractivity contribution is 0.192. The van der Waals surface area contributed by atoms with E-state index in [0.29, 0.717) is 6.04 Å². The van der Waals surface area contributed by atoms with Crippen molar-refractivity contribution < 1.29 is 0 Å². The Kier molecular flexibility index (Phi) is 5.00. The van der Waals surface area contributed by atoms with E-state index in [1.165, 1.54) is 6.42 Å². The molecule has 0 aliphatic carbocycles. The summed E-state index contributed by atoms with van der Waals surface area (Å²) in [5.41, 5.74) is 0.361. The zero-order valence-corrected chi connectivity index (χ0v) is 12.9. The summed E-state index contributed by atoms with van der Waals surface area (Å²) in [6, 6.07) is 5.85.